The minimum Gasteiger partial charge on any atom is -0.481 e. The van der Waals surface area contributed by atoms with E-state index in [4.69, 9.17) is 16.3 Å². The van der Waals surface area contributed by atoms with Crippen molar-refractivity contribution in [3.05, 3.63) is 112 Å². The molecule has 0 fully saturated rings. The molecule has 0 spiro atoms. The van der Waals surface area contributed by atoms with Gasteiger partial charge in [-0.15, -0.1) is 0 Å². The van der Waals surface area contributed by atoms with Crippen LogP contribution in [0.3, 0.4) is 0 Å². The number of hydrogen-bond acceptors (Lipinski definition) is 8. The van der Waals surface area contributed by atoms with Crippen molar-refractivity contribution in [3.8, 4) is 5.75 Å². The second-order valence-corrected chi connectivity index (χ2v) is 10.9. The van der Waals surface area contributed by atoms with E-state index in [2.05, 4.69) is 26.0 Å². The molecule has 0 saturated heterocycles. The van der Waals surface area contributed by atoms with E-state index in [1.165, 1.54) is 41.2 Å². The topological polar surface area (TPSA) is 143 Å². The molecular formula is C26H21BrClN5O6. The summed E-state index contributed by atoms with van der Waals surface area (Å²) >= 11 is 9.72. The molecule has 0 radical (unpaired) electrons. The maximum atomic E-state index is 13.3. The zero-order valence-corrected chi connectivity index (χ0v) is 23.3. The Labute approximate surface area is 235 Å². The van der Waals surface area contributed by atoms with Crippen LogP contribution in [0.4, 0.5) is 11.4 Å². The number of nitro groups is 2. The number of nitro benzene ring substituents is 2. The van der Waals surface area contributed by atoms with E-state index >= 15 is 0 Å². The first kappa shape index (κ1) is 27.9. The average molecular weight is 615 g/mol. The lowest BCUT2D eigenvalue weighted by molar-refractivity contribution is -0.385. The van der Waals surface area contributed by atoms with Crippen LogP contribution in [0.1, 0.15) is 37.7 Å². The predicted molar refractivity (Wildman–Crippen MR) is 151 cm³/mol. The van der Waals surface area contributed by atoms with Crippen molar-refractivity contribution in [2.45, 2.75) is 32.8 Å². The van der Waals surface area contributed by atoms with E-state index in [0.29, 0.717) is 26.8 Å². The predicted octanol–water partition coefficient (Wildman–Crippen LogP) is 6.39. The Morgan fingerprint density at radius 1 is 1.10 bits per heavy atom. The van der Waals surface area contributed by atoms with Crippen molar-refractivity contribution >= 4 is 56.0 Å². The highest BCUT2D eigenvalue weighted by Crippen LogP contribution is 2.36. The molecule has 0 bridgehead atoms. The molecule has 11 nitrogen and oxygen atoms in total. The number of hydrogen-bond donors (Lipinski definition) is 0. The van der Waals surface area contributed by atoms with E-state index in [9.17, 15) is 25.0 Å². The van der Waals surface area contributed by atoms with Crippen molar-refractivity contribution in [3.63, 3.8) is 0 Å². The Bertz CT molecular complexity index is 1710. The second-order valence-electron chi connectivity index (χ2n) is 9.53. The van der Waals surface area contributed by atoms with Crippen LogP contribution < -0.4 is 10.3 Å². The van der Waals surface area contributed by atoms with Gasteiger partial charge in [0.15, 0.2) is 0 Å². The van der Waals surface area contributed by atoms with Crippen molar-refractivity contribution in [2.24, 2.45) is 5.10 Å². The SMILES string of the molecule is CC(C)(C)c1nc2ccc(Br)cc2c(=O)n1N=Cc1cc(Cl)c(OCc2cccc([N+](=O)[O-])c2)c([N+](=O)[O-])c1. The molecule has 3 aromatic carbocycles. The van der Waals surface area contributed by atoms with Crippen molar-refractivity contribution < 1.29 is 14.6 Å². The van der Waals surface area contributed by atoms with E-state index < -0.39 is 26.5 Å². The first-order chi connectivity index (χ1) is 18.3. The number of non-ortho nitro benzene ring substituents is 1. The fraction of sp³-hybridized carbons (Fsp3) is 0.192. The highest BCUT2D eigenvalue weighted by atomic mass is 79.9. The highest BCUT2D eigenvalue weighted by molar-refractivity contribution is 9.10. The van der Waals surface area contributed by atoms with E-state index in [1.807, 2.05) is 20.8 Å². The summed E-state index contributed by atoms with van der Waals surface area (Å²) in [5, 5.41) is 27.5. The van der Waals surface area contributed by atoms with E-state index in [1.54, 1.807) is 24.3 Å². The van der Waals surface area contributed by atoms with Crippen LogP contribution in [-0.2, 0) is 12.0 Å². The quantitative estimate of drug-likeness (QED) is 0.133. The van der Waals surface area contributed by atoms with Crippen LogP contribution in [0, 0.1) is 20.2 Å². The summed E-state index contributed by atoms with van der Waals surface area (Å²) < 4.78 is 7.47. The first-order valence-electron chi connectivity index (χ1n) is 11.5. The minimum atomic E-state index is -0.659. The van der Waals surface area contributed by atoms with Gasteiger partial charge in [-0.2, -0.15) is 9.78 Å². The maximum absolute atomic E-state index is 13.3. The number of halogens is 2. The van der Waals surface area contributed by atoms with Gasteiger partial charge in [0.1, 0.15) is 12.4 Å². The molecule has 0 unspecified atom stereocenters. The molecule has 0 aliphatic rings. The van der Waals surface area contributed by atoms with Crippen LogP contribution in [0.2, 0.25) is 5.02 Å². The Balaban J connectivity index is 1.73. The Hall–Kier alpha value is -4.16. The summed E-state index contributed by atoms with van der Waals surface area (Å²) in [5.41, 5.74) is -0.322. The van der Waals surface area contributed by atoms with Gasteiger partial charge in [-0.1, -0.05) is 60.4 Å². The van der Waals surface area contributed by atoms with Crippen LogP contribution in [0.15, 0.2) is 69.0 Å². The highest BCUT2D eigenvalue weighted by Gasteiger charge is 2.24. The fourth-order valence-corrected chi connectivity index (χ4v) is 4.37. The number of aromatic nitrogens is 2. The van der Waals surface area contributed by atoms with Crippen molar-refractivity contribution in [2.75, 3.05) is 0 Å². The molecule has 39 heavy (non-hydrogen) atoms. The van der Waals surface area contributed by atoms with Gasteiger partial charge in [0.05, 0.1) is 32.0 Å². The third-order valence-corrected chi connectivity index (χ3v) is 6.32. The number of fused-ring (bicyclic) bond motifs is 1. The number of nitrogens with zero attached hydrogens (tertiary/aromatic N) is 5. The fourth-order valence-electron chi connectivity index (χ4n) is 3.73. The average Bonchev–Trinajstić information content (AvgIpc) is 2.87. The van der Waals surface area contributed by atoms with Gasteiger partial charge < -0.3 is 4.74 Å². The third-order valence-electron chi connectivity index (χ3n) is 5.55. The zero-order valence-electron chi connectivity index (χ0n) is 20.9. The Kier molecular flexibility index (Phi) is 7.79. The molecule has 0 atom stereocenters. The summed E-state index contributed by atoms with van der Waals surface area (Å²) in [6, 6.07) is 13.5. The van der Waals surface area contributed by atoms with Crippen molar-refractivity contribution in [1.82, 2.24) is 9.66 Å². The van der Waals surface area contributed by atoms with Gasteiger partial charge in [0.25, 0.3) is 11.2 Å². The molecule has 4 rings (SSSR count). The Morgan fingerprint density at radius 2 is 1.85 bits per heavy atom. The molecule has 4 aromatic rings. The molecule has 1 aromatic heterocycles. The first-order valence-corrected chi connectivity index (χ1v) is 12.6. The smallest absolute Gasteiger partial charge is 0.313 e. The molecule has 0 aliphatic carbocycles. The summed E-state index contributed by atoms with van der Waals surface area (Å²) in [6.45, 7) is 5.49. The molecule has 0 aliphatic heterocycles. The van der Waals surface area contributed by atoms with Crippen LogP contribution in [-0.4, -0.2) is 25.7 Å². The Morgan fingerprint density at radius 3 is 2.51 bits per heavy atom. The van der Waals surface area contributed by atoms with Crippen LogP contribution >= 0.6 is 27.5 Å². The molecular weight excluding hydrogens is 594 g/mol. The van der Waals surface area contributed by atoms with E-state index in [-0.39, 0.29) is 28.6 Å². The lowest BCUT2D eigenvalue weighted by Gasteiger charge is -2.20. The number of ether oxygens (including phenoxy) is 1. The standard InChI is InChI=1S/C26H21BrClN5O6/c1-26(2,3)25-30-21-8-7-17(27)12-19(21)24(34)31(25)29-13-16-10-20(28)23(22(11-16)33(37)38)39-14-15-5-4-6-18(9-15)32(35)36/h4-13H,14H2,1-3H3. The molecule has 0 saturated carbocycles. The largest absolute Gasteiger partial charge is 0.481 e. The van der Waals surface area contributed by atoms with Gasteiger partial charge in [-0.3, -0.25) is 25.0 Å². The van der Waals surface area contributed by atoms with Gasteiger partial charge in [0, 0.05) is 33.7 Å². The summed E-state index contributed by atoms with van der Waals surface area (Å²) in [6.07, 6.45) is 1.28. The number of benzene rings is 3. The normalized spacial score (nSPS) is 11.7. The van der Waals surface area contributed by atoms with Crippen molar-refractivity contribution in [1.29, 1.82) is 0 Å². The summed E-state index contributed by atoms with van der Waals surface area (Å²) in [5.74, 6) is 0.200. The second kappa shape index (κ2) is 10.9. The van der Waals surface area contributed by atoms with Crippen LogP contribution in [0.5, 0.6) is 5.75 Å². The molecule has 1 heterocycles. The minimum absolute atomic E-state index is 0.0694. The number of rotatable bonds is 7. The molecule has 13 heteroatoms. The van der Waals surface area contributed by atoms with Gasteiger partial charge in [-0.25, -0.2) is 4.98 Å². The molecule has 0 amide bonds. The monoisotopic (exact) mass is 613 g/mol. The lowest BCUT2D eigenvalue weighted by Crippen LogP contribution is -2.29. The summed E-state index contributed by atoms with van der Waals surface area (Å²) in [4.78, 5) is 39.6. The molecule has 200 valence electrons. The lowest BCUT2D eigenvalue weighted by atomic mass is 9.95. The molecule has 0 N–H and O–H groups in total. The maximum Gasteiger partial charge on any atom is 0.313 e. The van der Waals surface area contributed by atoms with Crippen LogP contribution in [0.25, 0.3) is 10.9 Å². The van der Waals surface area contributed by atoms with E-state index in [0.717, 1.165) is 0 Å². The van der Waals surface area contributed by atoms with Gasteiger partial charge in [0.2, 0.25) is 5.75 Å². The van der Waals surface area contributed by atoms with Gasteiger partial charge in [-0.05, 0) is 29.8 Å². The zero-order chi connectivity index (χ0) is 28.5. The van der Waals surface area contributed by atoms with Gasteiger partial charge >= 0.3 is 5.69 Å². The summed E-state index contributed by atoms with van der Waals surface area (Å²) in [7, 11) is 0. The third kappa shape index (κ3) is 6.13.